The van der Waals surface area contributed by atoms with E-state index < -0.39 is 35.0 Å². The summed E-state index contributed by atoms with van der Waals surface area (Å²) in [5, 5.41) is 14.1. The van der Waals surface area contributed by atoms with Crippen molar-refractivity contribution < 1.29 is 25.5 Å². The summed E-state index contributed by atoms with van der Waals surface area (Å²) in [6.45, 7) is 0.220. The second kappa shape index (κ2) is 11.7. The van der Waals surface area contributed by atoms with Crippen molar-refractivity contribution in [2.24, 2.45) is 0 Å². The summed E-state index contributed by atoms with van der Waals surface area (Å²) in [7, 11) is -3.47. The minimum atomic E-state index is -3.47. The van der Waals surface area contributed by atoms with Gasteiger partial charge in [0.1, 0.15) is 6.67 Å². The lowest BCUT2D eigenvalue weighted by atomic mass is 10.0. The molecule has 0 radical (unpaired) electrons. The third-order valence-corrected chi connectivity index (χ3v) is 8.58. The lowest BCUT2D eigenvalue weighted by Gasteiger charge is -2.17. The molecule has 6 nitrogen and oxygen atoms in total. The molecule has 0 aliphatic rings. The molecule has 1 aromatic heterocycles. The maximum atomic E-state index is 13.5. The first kappa shape index (κ1) is 25.1. The van der Waals surface area contributed by atoms with E-state index in [1.807, 2.05) is 29.7 Å². The number of nitrogens with one attached hydrogen (secondary N) is 1. The second-order valence-electron chi connectivity index (χ2n) is 9.01. The Bertz CT molecular complexity index is 1650. The number of carbonyl (C=O) groups excluding carboxylic acids is 1. The third-order valence-electron chi connectivity index (χ3n) is 6.59. The van der Waals surface area contributed by atoms with Crippen LogP contribution < -0.4 is 5.32 Å². The van der Waals surface area contributed by atoms with Gasteiger partial charge in [-0.05, 0) is 72.1 Å². The van der Waals surface area contributed by atoms with Gasteiger partial charge in [-0.3, -0.25) is 4.79 Å². The van der Waals surface area contributed by atoms with Crippen molar-refractivity contribution in [1.29, 1.82) is 0 Å². The molecule has 0 bridgehead atoms. The van der Waals surface area contributed by atoms with E-state index >= 15 is 0 Å². The number of nitrogens with zero attached hydrogens (tertiary/aromatic N) is 1. The van der Waals surface area contributed by atoms with Crippen LogP contribution in [0.4, 0.5) is 4.39 Å². The van der Waals surface area contributed by atoms with E-state index in [0.717, 1.165) is 22.3 Å². The lowest BCUT2D eigenvalue weighted by molar-refractivity contribution is 0.0916. The highest BCUT2D eigenvalue weighted by Crippen LogP contribution is 2.26. The molecule has 0 spiro atoms. The van der Waals surface area contributed by atoms with Crippen LogP contribution in [-0.4, -0.2) is 43.0 Å². The summed E-state index contributed by atoms with van der Waals surface area (Å²) in [5.74, 6) is -0.729. The highest BCUT2D eigenvalue weighted by atomic mass is 35.5. The molecule has 38 heavy (non-hydrogen) atoms. The Labute approximate surface area is 229 Å². The number of carbonyl (C=O) groups is 1. The smallest absolute Gasteiger partial charge is 0.251 e. The number of aryl methyl sites for hydroxylation is 2. The number of rotatable bonds is 10. The summed E-state index contributed by atoms with van der Waals surface area (Å²) in [4.78, 5) is 13.3. The Morgan fingerprint density at radius 2 is 1.87 bits per heavy atom. The van der Waals surface area contributed by atoms with Gasteiger partial charge in [0.2, 0.25) is 0 Å². The number of amides is 1. The third kappa shape index (κ3) is 5.93. The predicted molar refractivity (Wildman–Crippen MR) is 148 cm³/mol. The highest BCUT2D eigenvalue weighted by Gasteiger charge is 2.19. The van der Waals surface area contributed by atoms with Gasteiger partial charge in [-0.1, -0.05) is 36.7 Å². The van der Waals surface area contributed by atoms with Crippen molar-refractivity contribution >= 4 is 38.2 Å². The van der Waals surface area contributed by atoms with E-state index in [9.17, 15) is 22.7 Å². The normalized spacial score (nSPS) is 13.7. The zero-order valence-corrected chi connectivity index (χ0v) is 22.6. The van der Waals surface area contributed by atoms with E-state index in [2.05, 4.69) is 5.32 Å². The Morgan fingerprint density at radius 1 is 1.13 bits per heavy atom. The van der Waals surface area contributed by atoms with Crippen molar-refractivity contribution in [2.75, 3.05) is 19.0 Å². The Balaban J connectivity index is 1.64. The lowest BCUT2D eigenvalue weighted by Crippen LogP contribution is -2.30. The summed E-state index contributed by atoms with van der Waals surface area (Å²) >= 11 is 6.09. The van der Waals surface area contributed by atoms with Gasteiger partial charge in [-0.25, -0.2) is 12.8 Å². The fourth-order valence-corrected chi connectivity index (χ4v) is 5.57. The van der Waals surface area contributed by atoms with Crippen LogP contribution >= 0.6 is 11.6 Å². The SMILES string of the molecule is [2H]C([2H])(O)[C@H](NC(=O)c1ccc2c(c1)cc(Cc1ccc(Cl)cc1C)n2CCF)c1ccc(S(=O)(=O)CC)cc1. The van der Waals surface area contributed by atoms with E-state index in [0.29, 0.717) is 16.8 Å². The molecular weight excluding hydrogens is 527 g/mol. The van der Waals surface area contributed by atoms with E-state index in [4.69, 9.17) is 14.3 Å². The van der Waals surface area contributed by atoms with E-state index in [1.165, 1.54) is 31.2 Å². The first-order valence-electron chi connectivity index (χ1n) is 13.1. The molecule has 1 heterocycles. The van der Waals surface area contributed by atoms with Crippen LogP contribution in [0, 0.1) is 6.92 Å². The molecule has 4 rings (SSSR count). The minimum Gasteiger partial charge on any atom is -0.394 e. The number of halogens is 2. The first-order chi connectivity index (χ1) is 18.8. The number of sulfone groups is 1. The quantitative estimate of drug-likeness (QED) is 0.272. The molecule has 2 N–H and O–H groups in total. The van der Waals surface area contributed by atoms with Crippen molar-refractivity contribution in [3.05, 3.63) is 99.7 Å². The number of aromatic nitrogens is 1. The number of hydrogen-bond donors (Lipinski definition) is 2. The second-order valence-corrected chi connectivity index (χ2v) is 11.7. The fraction of sp³-hybridized carbons (Fsp3) is 0.276. The Kier molecular flexibility index (Phi) is 7.71. The summed E-state index contributed by atoms with van der Waals surface area (Å²) in [5.41, 5.74) is 4.08. The number of aliphatic hydroxyl groups is 1. The van der Waals surface area contributed by atoms with Crippen molar-refractivity contribution in [3.8, 4) is 0 Å². The van der Waals surface area contributed by atoms with Crippen LogP contribution in [0.25, 0.3) is 10.9 Å². The maximum Gasteiger partial charge on any atom is 0.251 e. The Hall–Kier alpha value is -3.20. The van der Waals surface area contributed by atoms with Crippen LogP contribution in [0.15, 0.2) is 71.6 Å². The molecule has 0 unspecified atom stereocenters. The predicted octanol–water partition coefficient (Wildman–Crippen LogP) is 5.42. The van der Waals surface area contributed by atoms with Gasteiger partial charge >= 0.3 is 0 Å². The number of benzene rings is 3. The first-order valence-corrected chi connectivity index (χ1v) is 14.2. The van der Waals surface area contributed by atoms with Gasteiger partial charge in [0.05, 0.1) is 32.5 Å². The number of fused-ring (bicyclic) bond motifs is 1. The molecule has 3 aromatic carbocycles. The van der Waals surface area contributed by atoms with Crippen molar-refractivity contribution in [1.82, 2.24) is 9.88 Å². The molecule has 0 aliphatic heterocycles. The minimum absolute atomic E-state index is 0.0650. The molecule has 0 aliphatic carbocycles. The van der Waals surface area contributed by atoms with Crippen LogP contribution in [0.5, 0.6) is 0 Å². The zero-order chi connectivity index (χ0) is 29.2. The van der Waals surface area contributed by atoms with Gasteiger partial charge in [-0.2, -0.15) is 0 Å². The molecule has 9 heteroatoms. The molecule has 1 atom stereocenters. The monoisotopic (exact) mass is 558 g/mol. The summed E-state index contributed by atoms with van der Waals surface area (Å²) in [6.07, 6.45) is 0.537. The Morgan fingerprint density at radius 3 is 2.50 bits per heavy atom. The highest BCUT2D eigenvalue weighted by molar-refractivity contribution is 7.91. The largest absolute Gasteiger partial charge is 0.394 e. The number of alkyl halides is 1. The van der Waals surface area contributed by atoms with Gasteiger partial charge in [0.15, 0.2) is 9.84 Å². The molecular formula is C29H30ClFN2O4S. The molecule has 0 saturated carbocycles. The van der Waals surface area contributed by atoms with E-state index in [-0.39, 0.29) is 28.3 Å². The van der Waals surface area contributed by atoms with Crippen LogP contribution in [0.1, 0.15) is 48.4 Å². The zero-order valence-electron chi connectivity index (χ0n) is 23.0. The molecule has 200 valence electrons. The molecule has 1 amide bonds. The van der Waals surface area contributed by atoms with Gasteiger partial charge in [0.25, 0.3) is 5.91 Å². The topological polar surface area (TPSA) is 88.4 Å². The number of hydrogen-bond acceptors (Lipinski definition) is 4. The van der Waals surface area contributed by atoms with Crippen molar-refractivity contribution in [2.45, 2.75) is 37.8 Å². The fourth-order valence-electron chi connectivity index (χ4n) is 4.46. The molecule has 0 fully saturated rings. The van der Waals surface area contributed by atoms with Crippen LogP contribution in [-0.2, 0) is 22.8 Å². The summed E-state index contributed by atoms with van der Waals surface area (Å²) < 4.78 is 55.4. The van der Waals surface area contributed by atoms with Gasteiger partial charge in [0, 0.05) is 33.6 Å². The molecule has 0 saturated heterocycles. The average molecular weight is 559 g/mol. The van der Waals surface area contributed by atoms with Crippen LogP contribution in [0.3, 0.4) is 0 Å². The standard InChI is InChI=1S/C29H30ClFN2O4S/c1-3-38(36,37)26-9-5-20(6-10-26)27(18-34)32-29(35)22-7-11-28-23(15-22)17-25(33(28)13-12-31)16-21-4-8-24(30)14-19(21)2/h4-11,14-15,17,27,34H,3,12-13,16,18H2,1-2H3,(H,32,35)/t27-/m0/s1/i18D2. The molecule has 4 aromatic rings. The van der Waals surface area contributed by atoms with Gasteiger partial charge in [-0.15, -0.1) is 0 Å². The van der Waals surface area contributed by atoms with E-state index in [1.54, 1.807) is 24.3 Å². The maximum absolute atomic E-state index is 13.5. The average Bonchev–Trinajstić information content (AvgIpc) is 3.24. The van der Waals surface area contributed by atoms with Crippen molar-refractivity contribution in [3.63, 3.8) is 0 Å². The summed E-state index contributed by atoms with van der Waals surface area (Å²) in [6, 6.07) is 16.3. The van der Waals surface area contributed by atoms with Gasteiger partial charge < -0.3 is 15.0 Å². The van der Waals surface area contributed by atoms with Crippen LogP contribution in [0.2, 0.25) is 5.02 Å².